The van der Waals surface area contributed by atoms with Crippen molar-refractivity contribution in [3.63, 3.8) is 0 Å². The highest BCUT2D eigenvalue weighted by atomic mass is 35.5. The van der Waals surface area contributed by atoms with Gasteiger partial charge in [-0.15, -0.1) is 0 Å². The van der Waals surface area contributed by atoms with Crippen LogP contribution < -0.4 is 10.1 Å². The number of carbonyl (C=O) groups excluding carboxylic acids is 1. The second-order valence-corrected chi connectivity index (χ2v) is 4.01. The van der Waals surface area contributed by atoms with Crippen LogP contribution in [0.3, 0.4) is 0 Å². The van der Waals surface area contributed by atoms with Crippen LogP contribution in [0.4, 0.5) is 0 Å². The molecule has 0 fully saturated rings. The summed E-state index contributed by atoms with van der Waals surface area (Å²) in [5.74, 6) is 0.286. The molecule has 0 saturated heterocycles. The summed E-state index contributed by atoms with van der Waals surface area (Å²) < 4.78 is 5.21. The third kappa shape index (κ3) is 5.05. The van der Waals surface area contributed by atoms with Gasteiger partial charge in [0, 0.05) is 10.1 Å². The van der Waals surface area contributed by atoms with Gasteiger partial charge >= 0.3 is 0 Å². The first kappa shape index (κ1) is 12.9. The number of rotatable bonds is 5. The van der Waals surface area contributed by atoms with Gasteiger partial charge in [0.05, 0.1) is 6.54 Å². The molecule has 0 heterocycles. The molecule has 0 unspecified atom stereocenters. The molecule has 1 amide bonds. The quantitative estimate of drug-likeness (QED) is 0.883. The Morgan fingerprint density at radius 1 is 1.50 bits per heavy atom. The number of nitrogens with one attached hydrogen (secondary N) is 1. The standard InChI is InChI=1S/C11H11Cl2NO2/c1-8(12)6-14-11(15)7-16-10-4-2-3-9(13)5-10/h2-5H,1,6-7H2,(H,14,15). The van der Waals surface area contributed by atoms with Gasteiger partial charge in [-0.25, -0.2) is 0 Å². The highest BCUT2D eigenvalue weighted by Crippen LogP contribution is 2.16. The first-order chi connectivity index (χ1) is 7.58. The van der Waals surface area contributed by atoms with E-state index in [9.17, 15) is 4.79 Å². The van der Waals surface area contributed by atoms with Crippen molar-refractivity contribution in [2.75, 3.05) is 13.2 Å². The summed E-state index contributed by atoms with van der Waals surface area (Å²) in [6, 6.07) is 6.83. The molecule has 1 aromatic carbocycles. The molecule has 0 spiro atoms. The number of benzene rings is 1. The van der Waals surface area contributed by atoms with Crippen molar-refractivity contribution in [1.82, 2.24) is 5.32 Å². The van der Waals surface area contributed by atoms with E-state index in [1.165, 1.54) is 0 Å². The van der Waals surface area contributed by atoms with Crippen molar-refractivity contribution in [1.29, 1.82) is 0 Å². The minimum absolute atomic E-state index is 0.0789. The van der Waals surface area contributed by atoms with E-state index >= 15 is 0 Å². The fourth-order valence-electron chi connectivity index (χ4n) is 0.951. The zero-order valence-corrected chi connectivity index (χ0v) is 10.0. The van der Waals surface area contributed by atoms with Crippen molar-refractivity contribution in [2.45, 2.75) is 0 Å². The van der Waals surface area contributed by atoms with Crippen molar-refractivity contribution >= 4 is 29.1 Å². The van der Waals surface area contributed by atoms with Gasteiger partial charge in [-0.2, -0.15) is 0 Å². The number of carbonyl (C=O) groups is 1. The zero-order valence-electron chi connectivity index (χ0n) is 8.50. The minimum Gasteiger partial charge on any atom is -0.484 e. The summed E-state index contributed by atoms with van der Waals surface area (Å²) in [6.45, 7) is 3.61. The predicted molar refractivity (Wildman–Crippen MR) is 64.9 cm³/mol. The van der Waals surface area contributed by atoms with Crippen LogP contribution in [-0.2, 0) is 4.79 Å². The van der Waals surface area contributed by atoms with Gasteiger partial charge in [-0.3, -0.25) is 4.79 Å². The molecule has 1 rings (SSSR count). The molecule has 1 aromatic rings. The van der Waals surface area contributed by atoms with Crippen LogP contribution in [-0.4, -0.2) is 19.1 Å². The molecule has 1 N–H and O–H groups in total. The Kier molecular flexibility index (Phi) is 5.15. The van der Waals surface area contributed by atoms with E-state index in [1.54, 1.807) is 24.3 Å². The molecule has 0 atom stereocenters. The second kappa shape index (κ2) is 6.40. The average molecular weight is 260 g/mol. The lowest BCUT2D eigenvalue weighted by molar-refractivity contribution is -0.122. The maximum atomic E-state index is 11.2. The maximum absolute atomic E-state index is 11.2. The van der Waals surface area contributed by atoms with Crippen LogP contribution in [0, 0.1) is 0 Å². The van der Waals surface area contributed by atoms with Gasteiger partial charge in [-0.05, 0) is 18.2 Å². The number of hydrogen-bond donors (Lipinski definition) is 1. The number of hydrogen-bond acceptors (Lipinski definition) is 2. The number of ether oxygens (including phenoxy) is 1. The molecule has 0 radical (unpaired) electrons. The fourth-order valence-corrected chi connectivity index (χ4v) is 1.20. The fraction of sp³-hybridized carbons (Fsp3) is 0.182. The molecule has 3 nitrogen and oxygen atoms in total. The molecule has 0 aliphatic heterocycles. The van der Waals surface area contributed by atoms with Gasteiger partial charge in [0.15, 0.2) is 6.61 Å². The smallest absolute Gasteiger partial charge is 0.258 e. The highest BCUT2D eigenvalue weighted by molar-refractivity contribution is 6.30. The summed E-state index contributed by atoms with van der Waals surface area (Å²) in [5.41, 5.74) is 0. The SMILES string of the molecule is C=C(Cl)CNC(=O)COc1cccc(Cl)c1. The van der Waals surface area contributed by atoms with E-state index in [1.807, 2.05) is 0 Å². The molecule has 0 aromatic heterocycles. The van der Waals surface area contributed by atoms with E-state index in [4.69, 9.17) is 27.9 Å². The first-order valence-electron chi connectivity index (χ1n) is 4.56. The third-order valence-electron chi connectivity index (χ3n) is 1.64. The van der Waals surface area contributed by atoms with Crippen LogP contribution in [0.15, 0.2) is 35.9 Å². The molecule has 16 heavy (non-hydrogen) atoms. The molecule has 5 heteroatoms. The summed E-state index contributed by atoms with van der Waals surface area (Å²) in [5, 5.41) is 3.47. The summed E-state index contributed by atoms with van der Waals surface area (Å²) in [4.78, 5) is 11.2. The molecule has 0 aliphatic rings. The molecule has 0 saturated carbocycles. The topological polar surface area (TPSA) is 38.3 Å². The lowest BCUT2D eigenvalue weighted by Gasteiger charge is -2.06. The molecular formula is C11H11Cl2NO2. The molecule has 0 bridgehead atoms. The average Bonchev–Trinajstić information content (AvgIpc) is 2.23. The summed E-state index contributed by atoms with van der Waals surface area (Å²) in [7, 11) is 0. The van der Waals surface area contributed by atoms with E-state index in [-0.39, 0.29) is 19.1 Å². The molecular weight excluding hydrogens is 249 g/mol. The van der Waals surface area contributed by atoms with Gasteiger partial charge in [0.25, 0.3) is 5.91 Å². The van der Waals surface area contributed by atoms with Crippen LogP contribution in [0.2, 0.25) is 5.02 Å². The first-order valence-corrected chi connectivity index (χ1v) is 5.32. The van der Waals surface area contributed by atoms with Gasteiger partial charge < -0.3 is 10.1 Å². The van der Waals surface area contributed by atoms with Crippen LogP contribution in [0.1, 0.15) is 0 Å². The lowest BCUT2D eigenvalue weighted by atomic mass is 10.3. The highest BCUT2D eigenvalue weighted by Gasteiger charge is 2.02. The zero-order chi connectivity index (χ0) is 12.0. The Hall–Kier alpha value is -1.19. The van der Waals surface area contributed by atoms with E-state index < -0.39 is 0 Å². The van der Waals surface area contributed by atoms with Crippen molar-refractivity contribution in [3.8, 4) is 5.75 Å². The Balaban J connectivity index is 2.34. The van der Waals surface area contributed by atoms with E-state index in [2.05, 4.69) is 11.9 Å². The molecule has 0 aliphatic carbocycles. The summed E-state index contributed by atoms with van der Waals surface area (Å²) in [6.07, 6.45) is 0. The maximum Gasteiger partial charge on any atom is 0.258 e. The Morgan fingerprint density at radius 2 is 2.25 bits per heavy atom. The van der Waals surface area contributed by atoms with Gasteiger partial charge in [-0.1, -0.05) is 35.8 Å². The van der Waals surface area contributed by atoms with E-state index in [0.717, 1.165) is 0 Å². The van der Waals surface area contributed by atoms with Crippen molar-refractivity contribution in [2.24, 2.45) is 0 Å². The number of halogens is 2. The monoisotopic (exact) mass is 259 g/mol. The lowest BCUT2D eigenvalue weighted by Crippen LogP contribution is -2.29. The molecule has 86 valence electrons. The van der Waals surface area contributed by atoms with Crippen molar-refractivity contribution in [3.05, 3.63) is 40.9 Å². The second-order valence-electron chi connectivity index (χ2n) is 3.04. The Labute approximate surface area is 104 Å². The minimum atomic E-state index is -0.262. The van der Waals surface area contributed by atoms with Crippen molar-refractivity contribution < 1.29 is 9.53 Å². The van der Waals surface area contributed by atoms with Gasteiger partial charge in [0.2, 0.25) is 0 Å². The Bertz CT molecular complexity index is 393. The third-order valence-corrected chi connectivity index (χ3v) is 2.01. The van der Waals surface area contributed by atoms with Crippen LogP contribution in [0.5, 0.6) is 5.75 Å². The van der Waals surface area contributed by atoms with Crippen LogP contribution >= 0.6 is 23.2 Å². The van der Waals surface area contributed by atoms with E-state index in [0.29, 0.717) is 15.8 Å². The normalized spacial score (nSPS) is 9.62. The predicted octanol–water partition coefficient (Wildman–Crippen LogP) is 2.59. The number of amides is 1. The van der Waals surface area contributed by atoms with Crippen LogP contribution in [0.25, 0.3) is 0 Å². The Morgan fingerprint density at radius 3 is 2.88 bits per heavy atom. The summed E-state index contributed by atoms with van der Waals surface area (Å²) >= 11 is 11.2. The largest absolute Gasteiger partial charge is 0.484 e. The van der Waals surface area contributed by atoms with Gasteiger partial charge in [0.1, 0.15) is 5.75 Å².